The van der Waals surface area contributed by atoms with Gasteiger partial charge in [-0.25, -0.2) is 0 Å². The van der Waals surface area contributed by atoms with Crippen molar-refractivity contribution in [2.75, 3.05) is 38.2 Å². The van der Waals surface area contributed by atoms with E-state index in [1.165, 1.54) is 0 Å². The topological polar surface area (TPSA) is 74.8 Å². The number of benzene rings is 1. The van der Waals surface area contributed by atoms with Crippen molar-refractivity contribution in [3.05, 3.63) is 28.8 Å². The van der Waals surface area contributed by atoms with Crippen LogP contribution in [0.1, 0.15) is 32.3 Å². The Labute approximate surface area is 178 Å². The molecular weight excluding hydrogens is 467 g/mol. The molecule has 0 aromatic heterocycles. The van der Waals surface area contributed by atoms with Crippen molar-refractivity contribution in [3.8, 4) is 0 Å². The van der Waals surface area contributed by atoms with Crippen LogP contribution in [0.2, 0.25) is 5.02 Å². The molecule has 1 rings (SSSR count). The monoisotopic (exact) mass is 496 g/mol. The van der Waals surface area contributed by atoms with Crippen LogP contribution in [0.15, 0.2) is 23.2 Å². The highest BCUT2D eigenvalue weighted by Gasteiger charge is 2.07. The quantitative estimate of drug-likeness (QED) is 0.200. The van der Waals surface area contributed by atoms with Crippen LogP contribution in [-0.2, 0) is 9.53 Å². The number of hydrogen-bond acceptors (Lipinski definition) is 3. The zero-order valence-corrected chi connectivity index (χ0v) is 18.8. The van der Waals surface area contributed by atoms with Gasteiger partial charge < -0.3 is 20.7 Å². The number of guanidine groups is 1. The first-order valence-electron chi connectivity index (χ1n) is 8.73. The van der Waals surface area contributed by atoms with Gasteiger partial charge in [0.2, 0.25) is 5.91 Å². The normalized spacial score (nSPS) is 10.8. The van der Waals surface area contributed by atoms with E-state index >= 15 is 0 Å². The number of nitrogens with zero attached hydrogens (tertiary/aromatic N) is 1. The Hall–Kier alpha value is -1.06. The molecule has 0 saturated carbocycles. The average Bonchev–Trinajstić information content (AvgIpc) is 2.58. The molecule has 1 aromatic carbocycles. The summed E-state index contributed by atoms with van der Waals surface area (Å²) in [6, 6.07) is 5.47. The number of amides is 1. The predicted molar refractivity (Wildman–Crippen MR) is 120 cm³/mol. The number of rotatable bonds is 10. The van der Waals surface area contributed by atoms with Crippen LogP contribution in [-0.4, -0.2) is 44.7 Å². The number of halogens is 2. The summed E-state index contributed by atoms with van der Waals surface area (Å²) in [5, 5.41) is 9.85. The largest absolute Gasteiger partial charge is 0.382 e. The summed E-state index contributed by atoms with van der Waals surface area (Å²) in [7, 11) is 0. The summed E-state index contributed by atoms with van der Waals surface area (Å²) >= 11 is 6.06. The molecule has 0 aliphatic rings. The Morgan fingerprint density at radius 3 is 2.73 bits per heavy atom. The molecule has 0 unspecified atom stereocenters. The number of anilines is 1. The summed E-state index contributed by atoms with van der Waals surface area (Å²) in [5.41, 5.74) is 1.61. The lowest BCUT2D eigenvalue weighted by Gasteiger charge is -2.12. The van der Waals surface area contributed by atoms with Gasteiger partial charge in [0.25, 0.3) is 0 Å². The molecule has 0 spiro atoms. The third-order valence-electron chi connectivity index (χ3n) is 3.45. The second-order valence-electron chi connectivity index (χ2n) is 5.45. The van der Waals surface area contributed by atoms with Gasteiger partial charge in [-0.15, -0.1) is 24.0 Å². The summed E-state index contributed by atoms with van der Waals surface area (Å²) in [6.45, 7) is 9.26. The van der Waals surface area contributed by atoms with E-state index in [2.05, 4.69) is 20.9 Å². The van der Waals surface area contributed by atoms with Crippen molar-refractivity contribution in [2.24, 2.45) is 4.99 Å². The molecule has 0 radical (unpaired) electrons. The fourth-order valence-corrected chi connectivity index (χ4v) is 2.27. The maximum Gasteiger partial charge on any atom is 0.226 e. The molecule has 6 nitrogen and oxygen atoms in total. The highest BCUT2D eigenvalue weighted by atomic mass is 127. The maximum atomic E-state index is 12.1. The lowest BCUT2D eigenvalue weighted by Crippen LogP contribution is -2.38. The van der Waals surface area contributed by atoms with Gasteiger partial charge in [0.15, 0.2) is 5.96 Å². The molecule has 1 aromatic rings. The lowest BCUT2D eigenvalue weighted by atomic mass is 10.2. The van der Waals surface area contributed by atoms with Gasteiger partial charge in [-0.05, 0) is 44.9 Å². The van der Waals surface area contributed by atoms with Crippen molar-refractivity contribution in [3.63, 3.8) is 0 Å². The SMILES string of the molecule is CCNC(=NCCCOCC)NCCC(=O)Nc1cccc(Cl)c1C.I. The van der Waals surface area contributed by atoms with Gasteiger partial charge in [0.1, 0.15) is 0 Å². The third-order valence-corrected chi connectivity index (χ3v) is 3.86. The molecule has 0 bridgehead atoms. The van der Waals surface area contributed by atoms with Gasteiger partial charge in [-0.2, -0.15) is 0 Å². The molecule has 0 fully saturated rings. The molecule has 0 heterocycles. The summed E-state index contributed by atoms with van der Waals surface area (Å²) in [4.78, 5) is 16.5. The minimum atomic E-state index is -0.0648. The van der Waals surface area contributed by atoms with Crippen LogP contribution in [0.5, 0.6) is 0 Å². The molecule has 26 heavy (non-hydrogen) atoms. The third kappa shape index (κ3) is 10.2. The number of carbonyl (C=O) groups excluding carboxylic acids is 1. The molecule has 0 atom stereocenters. The standard InChI is InChI=1S/C18H29ClN4O2.HI/c1-4-20-18(21-11-7-13-25-5-2)22-12-10-17(24)23-16-9-6-8-15(19)14(16)3;/h6,8-9H,4-5,7,10-13H2,1-3H3,(H,23,24)(H2,20,21,22);1H. The number of carbonyl (C=O) groups is 1. The number of nitrogens with one attached hydrogen (secondary N) is 3. The van der Waals surface area contributed by atoms with E-state index in [9.17, 15) is 4.79 Å². The van der Waals surface area contributed by atoms with Crippen LogP contribution in [0.3, 0.4) is 0 Å². The smallest absolute Gasteiger partial charge is 0.226 e. The van der Waals surface area contributed by atoms with Crippen LogP contribution >= 0.6 is 35.6 Å². The van der Waals surface area contributed by atoms with E-state index in [1.807, 2.05) is 32.9 Å². The van der Waals surface area contributed by atoms with Crippen molar-refractivity contribution in [1.29, 1.82) is 0 Å². The van der Waals surface area contributed by atoms with E-state index in [0.717, 1.165) is 30.8 Å². The first-order valence-corrected chi connectivity index (χ1v) is 9.11. The first-order chi connectivity index (χ1) is 12.1. The van der Waals surface area contributed by atoms with E-state index in [4.69, 9.17) is 16.3 Å². The van der Waals surface area contributed by atoms with Crippen LogP contribution in [0.4, 0.5) is 5.69 Å². The van der Waals surface area contributed by atoms with E-state index in [-0.39, 0.29) is 29.9 Å². The number of hydrogen-bond donors (Lipinski definition) is 3. The van der Waals surface area contributed by atoms with Crippen molar-refractivity contribution in [2.45, 2.75) is 33.6 Å². The average molecular weight is 497 g/mol. The minimum absolute atomic E-state index is 0. The number of aliphatic imine (C=N–C) groups is 1. The van der Waals surface area contributed by atoms with Gasteiger partial charge in [-0.1, -0.05) is 17.7 Å². The summed E-state index contributed by atoms with van der Waals surface area (Å²) in [6.07, 6.45) is 1.22. The van der Waals surface area contributed by atoms with Crippen LogP contribution in [0, 0.1) is 6.92 Å². The first kappa shape index (κ1) is 24.9. The Morgan fingerprint density at radius 2 is 2.04 bits per heavy atom. The second kappa shape index (κ2) is 15.0. The zero-order valence-electron chi connectivity index (χ0n) is 15.7. The molecule has 148 valence electrons. The Kier molecular flexibility index (Phi) is 14.4. The summed E-state index contributed by atoms with van der Waals surface area (Å²) in [5.74, 6) is 0.649. The summed E-state index contributed by atoms with van der Waals surface area (Å²) < 4.78 is 5.29. The van der Waals surface area contributed by atoms with Gasteiger partial charge in [-0.3, -0.25) is 9.79 Å². The van der Waals surface area contributed by atoms with Gasteiger partial charge in [0.05, 0.1) is 0 Å². The lowest BCUT2D eigenvalue weighted by molar-refractivity contribution is -0.116. The molecule has 3 N–H and O–H groups in total. The van der Waals surface area contributed by atoms with Crippen LogP contribution in [0.25, 0.3) is 0 Å². The fraction of sp³-hybridized carbons (Fsp3) is 0.556. The molecule has 1 amide bonds. The maximum absolute atomic E-state index is 12.1. The van der Waals surface area contributed by atoms with Crippen molar-refractivity contribution in [1.82, 2.24) is 10.6 Å². The Bertz CT molecular complexity index is 570. The molecule has 8 heteroatoms. The second-order valence-corrected chi connectivity index (χ2v) is 5.86. The fourth-order valence-electron chi connectivity index (χ4n) is 2.09. The molecular formula is C18H30ClIN4O2. The Morgan fingerprint density at radius 1 is 1.27 bits per heavy atom. The van der Waals surface area contributed by atoms with E-state index < -0.39 is 0 Å². The Balaban J connectivity index is 0.00000625. The van der Waals surface area contributed by atoms with E-state index in [0.29, 0.717) is 37.1 Å². The van der Waals surface area contributed by atoms with Gasteiger partial charge in [0, 0.05) is 50.0 Å². The van der Waals surface area contributed by atoms with Gasteiger partial charge >= 0.3 is 0 Å². The molecule has 0 saturated heterocycles. The highest BCUT2D eigenvalue weighted by Crippen LogP contribution is 2.22. The molecule has 0 aliphatic carbocycles. The highest BCUT2D eigenvalue weighted by molar-refractivity contribution is 14.0. The van der Waals surface area contributed by atoms with Crippen molar-refractivity contribution >= 4 is 53.1 Å². The predicted octanol–water partition coefficient (Wildman–Crippen LogP) is 3.58. The van der Waals surface area contributed by atoms with Crippen LogP contribution < -0.4 is 16.0 Å². The number of ether oxygens (including phenoxy) is 1. The minimum Gasteiger partial charge on any atom is -0.382 e. The van der Waals surface area contributed by atoms with Crippen molar-refractivity contribution < 1.29 is 9.53 Å². The molecule has 0 aliphatic heterocycles. The van der Waals surface area contributed by atoms with E-state index in [1.54, 1.807) is 6.07 Å². The zero-order chi connectivity index (χ0) is 18.5.